The Morgan fingerprint density at radius 1 is 0.333 bits per heavy atom. The Morgan fingerprint density at radius 2 is 0.433 bits per heavy atom. The predicted octanol–water partition coefficient (Wildman–Crippen LogP) is 1.84. The van der Waals surface area contributed by atoms with E-state index < -0.39 is 72.1 Å². The first-order valence-corrected chi connectivity index (χ1v) is 9.86. The summed E-state index contributed by atoms with van der Waals surface area (Å²) in [6.45, 7) is 21.6. The lowest BCUT2D eigenvalue weighted by atomic mass is 9.41. The van der Waals surface area contributed by atoms with Crippen molar-refractivity contribution in [3.63, 3.8) is 0 Å². The molecule has 0 amide bonds. The van der Waals surface area contributed by atoms with Crippen molar-refractivity contribution in [2.75, 3.05) is 0 Å². The molecule has 0 spiro atoms. The van der Waals surface area contributed by atoms with E-state index in [-0.39, 0.29) is 0 Å². The fourth-order valence-electron chi connectivity index (χ4n) is 5.33. The molecule has 0 aliphatic heterocycles. The monoisotopic (exact) mass is 420 g/mol. The van der Waals surface area contributed by atoms with E-state index in [1.807, 2.05) is 0 Å². The highest BCUT2D eigenvalue weighted by Gasteiger charge is 2.86. The molecule has 0 heterocycles. The Morgan fingerprint density at radius 3 is 0.500 bits per heavy atom. The van der Waals surface area contributed by atoms with Gasteiger partial charge in [-0.05, 0) is 38.5 Å². The minimum Gasteiger partial charge on any atom is -0.383 e. The van der Waals surface area contributed by atoms with Crippen molar-refractivity contribution in [3.05, 3.63) is 75.9 Å². The van der Waals surface area contributed by atoms with Crippen LogP contribution in [0.3, 0.4) is 0 Å². The van der Waals surface area contributed by atoms with Gasteiger partial charge in [-0.2, -0.15) is 0 Å². The summed E-state index contributed by atoms with van der Waals surface area (Å²) < 4.78 is 0. The summed E-state index contributed by atoms with van der Waals surface area (Å²) >= 11 is 0. The molecule has 6 nitrogen and oxygen atoms in total. The maximum Gasteiger partial charge on any atom is 0.132 e. The van der Waals surface area contributed by atoms with Gasteiger partial charge in [0, 0.05) is 0 Å². The van der Waals surface area contributed by atoms with Crippen molar-refractivity contribution < 1.29 is 30.6 Å². The Hall–Kier alpha value is -1.80. The fourth-order valence-corrected chi connectivity index (χ4v) is 5.33. The summed E-state index contributed by atoms with van der Waals surface area (Å²) in [5.74, 6) is 0. The summed E-state index contributed by atoms with van der Waals surface area (Å²) in [4.78, 5) is 0. The average Bonchev–Trinajstić information content (AvgIpc) is 2.67. The fraction of sp³-hybridized carbons (Fsp3) is 0.500. The molecule has 1 aliphatic carbocycles. The van der Waals surface area contributed by atoms with E-state index in [4.69, 9.17) is 0 Å². The van der Waals surface area contributed by atoms with Crippen LogP contribution in [0.5, 0.6) is 0 Å². The summed E-state index contributed by atoms with van der Waals surface area (Å²) in [5.41, 5.74) is -15.5. The molecule has 6 N–H and O–H groups in total. The van der Waals surface area contributed by atoms with Crippen molar-refractivity contribution in [2.45, 2.75) is 72.1 Å². The average molecular weight is 421 g/mol. The number of hydrogen-bond acceptors (Lipinski definition) is 6. The third-order valence-corrected chi connectivity index (χ3v) is 6.74. The van der Waals surface area contributed by atoms with Crippen LogP contribution in [0.2, 0.25) is 0 Å². The predicted molar refractivity (Wildman–Crippen MR) is 119 cm³/mol. The van der Waals surface area contributed by atoms with E-state index in [9.17, 15) is 30.6 Å². The largest absolute Gasteiger partial charge is 0.383 e. The van der Waals surface area contributed by atoms with Gasteiger partial charge in [0.05, 0.1) is 0 Å². The van der Waals surface area contributed by atoms with Crippen molar-refractivity contribution in [3.8, 4) is 0 Å². The number of aliphatic hydroxyl groups is 6. The molecule has 1 aliphatic rings. The molecule has 168 valence electrons. The Labute approximate surface area is 179 Å². The van der Waals surface area contributed by atoms with Crippen LogP contribution in [-0.4, -0.2) is 64.2 Å². The Kier molecular flexibility index (Phi) is 7.65. The van der Waals surface area contributed by atoms with Crippen LogP contribution in [0, 0.1) is 0 Å². The minimum absolute atomic E-state index is 0.426. The molecule has 1 fully saturated rings. The van der Waals surface area contributed by atoms with Crippen LogP contribution in [0.1, 0.15) is 38.5 Å². The second-order valence-electron chi connectivity index (χ2n) is 8.12. The molecule has 1 saturated carbocycles. The molecule has 0 aromatic rings. The van der Waals surface area contributed by atoms with Crippen LogP contribution in [0.15, 0.2) is 75.9 Å². The second kappa shape index (κ2) is 8.75. The van der Waals surface area contributed by atoms with Crippen LogP contribution in [-0.2, 0) is 0 Å². The van der Waals surface area contributed by atoms with Gasteiger partial charge in [0.2, 0.25) is 0 Å². The van der Waals surface area contributed by atoms with E-state index in [0.717, 1.165) is 0 Å². The van der Waals surface area contributed by atoms with Crippen molar-refractivity contribution >= 4 is 0 Å². The topological polar surface area (TPSA) is 121 Å². The quantitative estimate of drug-likeness (QED) is 0.268. The van der Waals surface area contributed by atoms with E-state index in [2.05, 4.69) is 39.5 Å². The van der Waals surface area contributed by atoms with Gasteiger partial charge in [-0.25, -0.2) is 0 Å². The molecule has 6 heteroatoms. The van der Waals surface area contributed by atoms with Crippen molar-refractivity contribution in [1.29, 1.82) is 0 Å². The van der Waals surface area contributed by atoms with E-state index in [1.165, 1.54) is 36.5 Å². The van der Waals surface area contributed by atoms with Crippen LogP contribution in [0.4, 0.5) is 0 Å². The normalized spacial score (nSPS) is 43.4. The second-order valence-corrected chi connectivity index (χ2v) is 8.12. The van der Waals surface area contributed by atoms with Crippen LogP contribution < -0.4 is 0 Å². The summed E-state index contributed by atoms with van der Waals surface area (Å²) in [6.07, 6.45) is 4.96. The SMILES string of the molecule is C=CC[C@]1(O)[C@@](O)(CC=C)[C@](O)(CC=C)[C@@](O)(CC=C)[C@](O)(CC=C)[C@]1(O)CC=C. The molecule has 0 atom stereocenters. The lowest BCUT2D eigenvalue weighted by molar-refractivity contribution is -0.435. The molecule has 0 aromatic carbocycles. The standard InChI is InChI=1S/C24H36O6/c1-7-13-19(25)20(26,14-8-2)22(28,16-10-4)24(30,18-12-6)23(29,17-11-5)21(19,27)15-9-3/h7-12,25-30H,1-6,13-18H2/t19-,20-,21-,22+,23-,24-. The van der Waals surface area contributed by atoms with Gasteiger partial charge < -0.3 is 30.6 Å². The molecule has 0 saturated heterocycles. The van der Waals surface area contributed by atoms with Crippen LogP contribution in [0.25, 0.3) is 0 Å². The third-order valence-electron chi connectivity index (χ3n) is 6.74. The molecule has 0 unspecified atom stereocenters. The first-order valence-electron chi connectivity index (χ1n) is 9.86. The highest BCUT2D eigenvalue weighted by atomic mass is 16.5. The van der Waals surface area contributed by atoms with Gasteiger partial charge in [0.1, 0.15) is 33.6 Å². The lowest BCUT2D eigenvalue weighted by Gasteiger charge is -2.72. The zero-order chi connectivity index (χ0) is 23.5. The maximum atomic E-state index is 11.9. The van der Waals surface area contributed by atoms with E-state index in [0.29, 0.717) is 0 Å². The highest BCUT2D eigenvalue weighted by molar-refractivity contribution is 5.41. The third kappa shape index (κ3) is 2.87. The van der Waals surface area contributed by atoms with Gasteiger partial charge in [-0.15, -0.1) is 39.5 Å². The maximum absolute atomic E-state index is 11.9. The molecule has 0 radical (unpaired) electrons. The molecular formula is C24H36O6. The van der Waals surface area contributed by atoms with E-state index >= 15 is 0 Å². The lowest BCUT2D eigenvalue weighted by Crippen LogP contribution is -2.94. The van der Waals surface area contributed by atoms with Gasteiger partial charge in [0.15, 0.2) is 0 Å². The van der Waals surface area contributed by atoms with Gasteiger partial charge >= 0.3 is 0 Å². The first-order chi connectivity index (χ1) is 13.9. The number of hydrogen-bond donors (Lipinski definition) is 6. The van der Waals surface area contributed by atoms with Gasteiger partial charge in [-0.3, -0.25) is 0 Å². The molecular weight excluding hydrogens is 384 g/mol. The zero-order valence-electron chi connectivity index (χ0n) is 17.6. The Balaban J connectivity index is 4.33. The van der Waals surface area contributed by atoms with Gasteiger partial charge in [0.25, 0.3) is 0 Å². The molecule has 1 rings (SSSR count). The molecule has 30 heavy (non-hydrogen) atoms. The summed E-state index contributed by atoms with van der Waals surface area (Å²) in [7, 11) is 0. The minimum atomic E-state index is -2.58. The first kappa shape index (κ1) is 26.2. The number of rotatable bonds is 12. The van der Waals surface area contributed by atoms with Crippen LogP contribution >= 0.6 is 0 Å². The smallest absolute Gasteiger partial charge is 0.132 e. The summed E-state index contributed by atoms with van der Waals surface area (Å²) in [5, 5.41) is 71.4. The molecule has 0 bridgehead atoms. The van der Waals surface area contributed by atoms with Crippen molar-refractivity contribution in [1.82, 2.24) is 0 Å². The highest BCUT2D eigenvalue weighted by Crippen LogP contribution is 2.64. The van der Waals surface area contributed by atoms with Gasteiger partial charge in [-0.1, -0.05) is 36.5 Å². The van der Waals surface area contributed by atoms with Crippen molar-refractivity contribution in [2.24, 2.45) is 0 Å². The molecule has 0 aromatic heterocycles. The summed E-state index contributed by atoms with van der Waals surface area (Å²) in [6, 6.07) is 0. The Bertz CT molecular complexity index is 539. The zero-order valence-corrected chi connectivity index (χ0v) is 17.6. The van der Waals surface area contributed by atoms with E-state index in [1.54, 1.807) is 0 Å².